The Kier molecular flexibility index (Phi) is 19.0. The lowest BCUT2D eigenvalue weighted by Crippen LogP contribution is -2.37. The summed E-state index contributed by atoms with van der Waals surface area (Å²) in [7, 11) is 3.45. The highest BCUT2D eigenvalue weighted by atomic mass is 32.2. The molecule has 0 aromatic carbocycles. The minimum Gasteiger partial charge on any atom is -0.356 e. The van der Waals surface area contributed by atoms with Crippen LogP contribution in [0.3, 0.4) is 0 Å². The number of nitrogens with two attached hydrogens (primary N) is 1. The number of amides is 3. The molecular weight excluding hydrogens is 554 g/mol. The van der Waals surface area contributed by atoms with Crippen molar-refractivity contribution in [3.63, 3.8) is 0 Å². The van der Waals surface area contributed by atoms with E-state index in [0.717, 1.165) is 35.9 Å². The van der Waals surface area contributed by atoms with Gasteiger partial charge in [0, 0.05) is 50.9 Å². The molecule has 1 rings (SSSR count). The molecule has 0 bridgehead atoms. The Labute approximate surface area is 247 Å². The molecule has 228 valence electrons. The zero-order valence-electron chi connectivity index (χ0n) is 23.9. The number of likely N-dealkylation sites (N-methyl/N-ethyl adjacent to an activating group) is 2. The molecule has 3 amide bonds. The maximum Gasteiger partial charge on any atom is 0.242 e. The Morgan fingerprint density at radius 2 is 1.68 bits per heavy atom. The molecule has 1 heterocycles. The van der Waals surface area contributed by atoms with Crippen molar-refractivity contribution in [3.8, 4) is 0 Å². The molecule has 40 heavy (non-hydrogen) atoms. The van der Waals surface area contributed by atoms with Crippen molar-refractivity contribution in [2.75, 3.05) is 45.2 Å². The molecule has 5 N–H and O–H groups in total. The molecule has 0 saturated carbocycles. The molecule has 0 aromatic heterocycles. The van der Waals surface area contributed by atoms with Gasteiger partial charge in [0.1, 0.15) is 11.6 Å². The number of imide groups is 1. The Hall–Kier alpha value is -1.80. The highest BCUT2D eigenvalue weighted by molar-refractivity contribution is 8.01. The van der Waals surface area contributed by atoms with E-state index in [2.05, 4.69) is 28.6 Å². The number of unbranched alkanes of at least 4 members (excludes halogenated alkanes) is 2. The van der Waals surface area contributed by atoms with Gasteiger partial charge in [0.2, 0.25) is 17.7 Å². The zero-order chi connectivity index (χ0) is 29.9. The van der Waals surface area contributed by atoms with Crippen LogP contribution >= 0.6 is 24.4 Å². The molecule has 1 saturated heterocycles. The fraction of sp³-hybridized carbons (Fsp3) is 0.778. The van der Waals surface area contributed by atoms with Crippen molar-refractivity contribution in [1.82, 2.24) is 20.9 Å². The van der Waals surface area contributed by atoms with Crippen LogP contribution in [0.4, 0.5) is 0 Å². The quantitative estimate of drug-likeness (QED) is 0.0601. The summed E-state index contributed by atoms with van der Waals surface area (Å²) in [5, 5.41) is 8.13. The summed E-state index contributed by atoms with van der Waals surface area (Å²) in [5.74, 6) is -0.413. The molecule has 11 nitrogen and oxygen atoms in total. The monoisotopic (exact) mass is 601 g/mol. The van der Waals surface area contributed by atoms with Crippen LogP contribution < -0.4 is 21.7 Å². The molecule has 0 spiro atoms. The topological polar surface area (TPSA) is 168 Å². The third-order valence-electron chi connectivity index (χ3n) is 6.88. The van der Waals surface area contributed by atoms with Gasteiger partial charge < -0.3 is 21.7 Å². The first-order chi connectivity index (χ1) is 19.2. The summed E-state index contributed by atoms with van der Waals surface area (Å²) in [6.45, 7) is 1.12. The number of nitrogens with zero attached hydrogens (tertiary/aromatic N) is 1. The van der Waals surface area contributed by atoms with Gasteiger partial charge in [0.15, 0.2) is 5.78 Å². The number of hydrogen-bond acceptors (Lipinski definition) is 11. The van der Waals surface area contributed by atoms with E-state index in [1.807, 2.05) is 0 Å². The molecule has 1 fully saturated rings. The average Bonchev–Trinajstić information content (AvgIpc) is 3.20. The number of carbonyl (C=O) groups excluding carboxylic acids is 6. The molecule has 1 aliphatic rings. The van der Waals surface area contributed by atoms with E-state index in [1.165, 1.54) is 0 Å². The largest absolute Gasteiger partial charge is 0.356 e. The summed E-state index contributed by atoms with van der Waals surface area (Å²) in [4.78, 5) is 74.7. The van der Waals surface area contributed by atoms with Crippen LogP contribution in [-0.4, -0.2) is 103 Å². The number of hydrogen-bond donors (Lipinski definition) is 5. The lowest BCUT2D eigenvalue weighted by molar-refractivity contribution is -0.138. The number of carbonyl (C=O) groups is 6. The molecule has 0 aromatic rings. The number of thioether (sulfide) groups is 1. The van der Waals surface area contributed by atoms with Gasteiger partial charge in [-0.2, -0.15) is 12.6 Å². The molecular formula is C27H47N5O6S2. The Morgan fingerprint density at radius 1 is 0.950 bits per heavy atom. The average molecular weight is 602 g/mol. The van der Waals surface area contributed by atoms with Crippen molar-refractivity contribution in [3.05, 3.63) is 0 Å². The van der Waals surface area contributed by atoms with E-state index in [0.29, 0.717) is 44.5 Å². The van der Waals surface area contributed by atoms with E-state index in [4.69, 9.17) is 5.73 Å². The minimum absolute atomic E-state index is 0.0175. The lowest BCUT2D eigenvalue weighted by atomic mass is 10.0. The first-order valence-corrected chi connectivity index (χ1v) is 15.8. The summed E-state index contributed by atoms with van der Waals surface area (Å²) < 4.78 is 0. The predicted octanol–water partition coefficient (Wildman–Crippen LogP) is 0.636. The van der Waals surface area contributed by atoms with E-state index in [1.54, 1.807) is 14.1 Å². The molecule has 0 radical (unpaired) electrons. The van der Waals surface area contributed by atoms with Gasteiger partial charge in [-0.3, -0.25) is 33.7 Å². The van der Waals surface area contributed by atoms with Crippen LogP contribution in [-0.2, 0) is 28.8 Å². The number of nitrogens with one attached hydrogen (secondary N) is 3. The first-order valence-electron chi connectivity index (χ1n) is 14.1. The predicted molar refractivity (Wildman–Crippen MR) is 160 cm³/mol. The number of rotatable bonds is 24. The van der Waals surface area contributed by atoms with Gasteiger partial charge in [0.25, 0.3) is 0 Å². The lowest BCUT2D eigenvalue weighted by Gasteiger charge is -2.15. The Bertz CT molecular complexity index is 855. The van der Waals surface area contributed by atoms with Crippen LogP contribution in [0, 0.1) is 0 Å². The Morgan fingerprint density at radius 3 is 2.33 bits per heavy atom. The van der Waals surface area contributed by atoms with Gasteiger partial charge in [-0.1, -0.05) is 6.42 Å². The molecule has 3 atom stereocenters. The second kappa shape index (κ2) is 21.0. The van der Waals surface area contributed by atoms with Crippen LogP contribution in [0.2, 0.25) is 0 Å². The van der Waals surface area contributed by atoms with Crippen LogP contribution in [0.1, 0.15) is 70.6 Å². The number of likely N-dealkylation sites (tertiary alicyclic amines) is 1. The van der Waals surface area contributed by atoms with Crippen molar-refractivity contribution >= 4 is 59.5 Å². The van der Waals surface area contributed by atoms with Crippen LogP contribution in [0.15, 0.2) is 0 Å². The van der Waals surface area contributed by atoms with Gasteiger partial charge >= 0.3 is 0 Å². The standard InChI is InChI=1S/C27H47N5O6S2/c1-29-20(9-3-5-13-28)22(34)10-4-6-14-31-25(36)11-7-8-19(33)12-15-32-26(37)16-24(27(32)38)40-18-23(35)21(17-39)30-2/h20-21,24,29-30,39H,3-18,28H2,1-2H3,(H,31,36)/t20-,21-,24?/m0/s1. The summed E-state index contributed by atoms with van der Waals surface area (Å²) >= 11 is 5.27. The maximum atomic E-state index is 12.6. The van der Waals surface area contributed by atoms with Gasteiger partial charge in [0.05, 0.1) is 23.1 Å². The van der Waals surface area contributed by atoms with Crippen molar-refractivity contribution < 1.29 is 28.8 Å². The molecule has 1 unspecified atom stereocenters. The van der Waals surface area contributed by atoms with Crippen molar-refractivity contribution in [2.45, 2.75) is 88.0 Å². The third kappa shape index (κ3) is 13.7. The molecule has 0 aliphatic carbocycles. The second-order valence-corrected chi connectivity index (χ2v) is 11.5. The normalized spacial score (nSPS) is 16.7. The zero-order valence-corrected chi connectivity index (χ0v) is 25.6. The van der Waals surface area contributed by atoms with E-state index >= 15 is 0 Å². The van der Waals surface area contributed by atoms with E-state index < -0.39 is 11.3 Å². The maximum absolute atomic E-state index is 12.6. The van der Waals surface area contributed by atoms with Crippen molar-refractivity contribution in [1.29, 1.82) is 0 Å². The summed E-state index contributed by atoms with van der Waals surface area (Å²) in [5.41, 5.74) is 5.50. The third-order valence-corrected chi connectivity index (χ3v) is 8.47. The summed E-state index contributed by atoms with van der Waals surface area (Å²) in [6, 6.07) is -0.548. The SMILES string of the molecule is CN[C@@H](CS)C(=O)CSC1CC(=O)N(CCC(=O)CCCC(=O)NCCCCC(=O)[C@H](CCCCN)NC)C1=O. The van der Waals surface area contributed by atoms with Gasteiger partial charge in [-0.25, -0.2) is 0 Å². The van der Waals surface area contributed by atoms with E-state index in [-0.39, 0.29) is 79.1 Å². The first kappa shape index (κ1) is 36.2. The van der Waals surface area contributed by atoms with Gasteiger partial charge in [-0.05, 0) is 52.7 Å². The van der Waals surface area contributed by atoms with Gasteiger partial charge in [-0.15, -0.1) is 11.8 Å². The van der Waals surface area contributed by atoms with Crippen LogP contribution in [0.5, 0.6) is 0 Å². The highest BCUT2D eigenvalue weighted by Crippen LogP contribution is 2.25. The fourth-order valence-electron chi connectivity index (χ4n) is 4.34. The van der Waals surface area contributed by atoms with Crippen LogP contribution in [0.25, 0.3) is 0 Å². The fourth-order valence-corrected chi connectivity index (χ4v) is 5.82. The number of thiol groups is 1. The molecule has 1 aliphatic heterocycles. The molecule has 13 heteroatoms. The van der Waals surface area contributed by atoms with E-state index in [9.17, 15) is 28.8 Å². The summed E-state index contributed by atoms with van der Waals surface area (Å²) in [6.07, 6.45) is 5.31. The number of ketones is 3. The highest BCUT2D eigenvalue weighted by Gasteiger charge is 2.39. The Balaban J connectivity index is 2.20. The minimum atomic E-state index is -0.614. The van der Waals surface area contributed by atoms with Crippen molar-refractivity contribution in [2.24, 2.45) is 5.73 Å². The smallest absolute Gasteiger partial charge is 0.242 e. The second-order valence-electron chi connectivity index (χ2n) is 9.92. The number of Topliss-reactive ketones (excluding diaryl/α,β-unsaturated/α-hetero) is 3.